The molecular weight excluding hydrogens is 424 g/mol. The first-order chi connectivity index (χ1) is 15.8. The summed E-state index contributed by atoms with van der Waals surface area (Å²) in [5.74, 6) is 0.213. The molecule has 0 bridgehead atoms. The number of amides is 2. The summed E-state index contributed by atoms with van der Waals surface area (Å²) in [5, 5.41) is 11.2. The molecule has 9 nitrogen and oxygen atoms in total. The first-order valence-electron chi connectivity index (χ1n) is 11.8. The molecule has 2 aliphatic heterocycles. The standard InChI is InChI=1S/C24H32N4O5/c1-17(2)33-22-16-18(28(31)32)8-9-21(22)26-14-12-25(13-15-26)10-5-11-27-23(29)19-6-3-4-7-20(19)24(27)30/h3-4,8-9,16-17,19-20H,5-7,10-15H2,1-2H3. The molecule has 0 spiro atoms. The first-order valence-corrected chi connectivity index (χ1v) is 11.8. The topological polar surface area (TPSA) is 96.2 Å². The molecule has 178 valence electrons. The highest BCUT2D eigenvalue weighted by Crippen LogP contribution is 2.35. The van der Waals surface area contributed by atoms with Crippen LogP contribution in [0.15, 0.2) is 30.4 Å². The van der Waals surface area contributed by atoms with Gasteiger partial charge in [-0.1, -0.05) is 12.2 Å². The van der Waals surface area contributed by atoms with E-state index in [0.717, 1.165) is 44.8 Å². The van der Waals surface area contributed by atoms with E-state index in [0.29, 0.717) is 25.1 Å². The van der Waals surface area contributed by atoms with Crippen molar-refractivity contribution in [2.24, 2.45) is 11.8 Å². The summed E-state index contributed by atoms with van der Waals surface area (Å²) in [6.45, 7) is 8.37. The van der Waals surface area contributed by atoms with Crippen LogP contribution >= 0.6 is 0 Å². The SMILES string of the molecule is CC(C)Oc1cc([N+](=O)[O-])ccc1N1CCN(CCCN2C(=O)C3CC=CCC3C2=O)CC1. The fraction of sp³-hybridized carbons (Fsp3) is 0.583. The zero-order valence-corrected chi connectivity index (χ0v) is 19.3. The number of carbonyl (C=O) groups is 2. The number of imide groups is 1. The van der Waals surface area contributed by atoms with Crippen molar-refractivity contribution >= 4 is 23.2 Å². The summed E-state index contributed by atoms with van der Waals surface area (Å²) in [7, 11) is 0. The number of ether oxygens (including phenoxy) is 1. The highest BCUT2D eigenvalue weighted by atomic mass is 16.6. The average Bonchev–Trinajstić information content (AvgIpc) is 3.04. The van der Waals surface area contributed by atoms with Gasteiger partial charge in [-0.2, -0.15) is 0 Å². The van der Waals surface area contributed by atoms with E-state index in [1.54, 1.807) is 6.07 Å². The van der Waals surface area contributed by atoms with Crippen LogP contribution in [-0.4, -0.2) is 71.9 Å². The van der Waals surface area contributed by atoms with Crippen molar-refractivity contribution in [2.75, 3.05) is 44.2 Å². The number of nitrogens with zero attached hydrogens (tertiary/aromatic N) is 4. The van der Waals surface area contributed by atoms with Crippen LogP contribution < -0.4 is 9.64 Å². The summed E-state index contributed by atoms with van der Waals surface area (Å²) in [5.41, 5.74) is 0.896. The number of non-ortho nitro benzene ring substituents is 1. The first kappa shape index (κ1) is 23.2. The van der Waals surface area contributed by atoms with Crippen molar-refractivity contribution < 1.29 is 19.2 Å². The van der Waals surface area contributed by atoms with Crippen LogP contribution in [0.4, 0.5) is 11.4 Å². The lowest BCUT2D eigenvalue weighted by Gasteiger charge is -2.37. The molecule has 0 N–H and O–H groups in total. The number of fused-ring (bicyclic) bond motifs is 1. The van der Waals surface area contributed by atoms with E-state index < -0.39 is 4.92 Å². The molecule has 0 radical (unpaired) electrons. The molecule has 9 heteroatoms. The van der Waals surface area contributed by atoms with Gasteiger partial charge in [0.05, 0.1) is 34.6 Å². The Labute approximate surface area is 194 Å². The number of hydrogen-bond donors (Lipinski definition) is 0. The van der Waals surface area contributed by atoms with Gasteiger partial charge in [0.25, 0.3) is 5.69 Å². The van der Waals surface area contributed by atoms with Crippen molar-refractivity contribution in [1.29, 1.82) is 0 Å². The van der Waals surface area contributed by atoms with E-state index in [2.05, 4.69) is 9.80 Å². The number of piperazine rings is 1. The van der Waals surface area contributed by atoms with Crippen molar-refractivity contribution in [2.45, 2.75) is 39.2 Å². The molecule has 3 aliphatic rings. The number of anilines is 1. The Morgan fingerprint density at radius 2 is 1.67 bits per heavy atom. The largest absolute Gasteiger partial charge is 0.489 e. The Balaban J connectivity index is 1.29. The van der Waals surface area contributed by atoms with E-state index in [1.807, 2.05) is 26.0 Å². The van der Waals surface area contributed by atoms with Gasteiger partial charge in [0.1, 0.15) is 5.75 Å². The third kappa shape index (κ3) is 5.03. The van der Waals surface area contributed by atoms with Gasteiger partial charge < -0.3 is 9.64 Å². The second-order valence-electron chi connectivity index (χ2n) is 9.24. The number of benzene rings is 1. The third-order valence-corrected chi connectivity index (χ3v) is 6.68. The molecule has 1 aliphatic carbocycles. The average molecular weight is 457 g/mol. The second-order valence-corrected chi connectivity index (χ2v) is 9.24. The molecule has 33 heavy (non-hydrogen) atoms. The van der Waals surface area contributed by atoms with Crippen LogP contribution in [0, 0.1) is 22.0 Å². The molecule has 1 aromatic carbocycles. The smallest absolute Gasteiger partial charge is 0.273 e. The number of hydrogen-bond acceptors (Lipinski definition) is 7. The molecule has 2 heterocycles. The molecule has 1 aromatic rings. The maximum absolute atomic E-state index is 12.6. The fourth-order valence-electron chi connectivity index (χ4n) is 4.98. The molecule has 2 atom stereocenters. The molecule has 0 aromatic heterocycles. The van der Waals surface area contributed by atoms with E-state index in [9.17, 15) is 19.7 Å². The summed E-state index contributed by atoms with van der Waals surface area (Å²) < 4.78 is 5.86. The van der Waals surface area contributed by atoms with E-state index in [1.165, 1.54) is 17.0 Å². The summed E-state index contributed by atoms with van der Waals surface area (Å²) >= 11 is 0. The highest BCUT2D eigenvalue weighted by molar-refractivity contribution is 6.05. The number of carbonyl (C=O) groups excluding carboxylic acids is 2. The van der Waals surface area contributed by atoms with Gasteiger partial charge in [-0.25, -0.2) is 0 Å². The van der Waals surface area contributed by atoms with Gasteiger partial charge >= 0.3 is 0 Å². The van der Waals surface area contributed by atoms with Crippen LogP contribution in [0.25, 0.3) is 0 Å². The van der Waals surface area contributed by atoms with Gasteiger partial charge in [-0.05, 0) is 45.7 Å². The lowest BCUT2D eigenvalue weighted by molar-refractivity contribution is -0.384. The van der Waals surface area contributed by atoms with Gasteiger partial charge in [-0.3, -0.25) is 29.5 Å². The maximum Gasteiger partial charge on any atom is 0.273 e. The van der Waals surface area contributed by atoms with Crippen LogP contribution in [0.2, 0.25) is 0 Å². The Morgan fingerprint density at radius 3 is 2.24 bits per heavy atom. The molecule has 2 saturated heterocycles. The maximum atomic E-state index is 12.6. The van der Waals surface area contributed by atoms with E-state index in [-0.39, 0.29) is 35.4 Å². The second kappa shape index (κ2) is 9.91. The van der Waals surface area contributed by atoms with Gasteiger partial charge in [0, 0.05) is 38.8 Å². The Kier molecular flexibility index (Phi) is 6.97. The Bertz CT molecular complexity index is 913. The highest BCUT2D eigenvalue weighted by Gasteiger charge is 2.46. The number of likely N-dealkylation sites (tertiary alicyclic amines) is 1. The lowest BCUT2D eigenvalue weighted by Crippen LogP contribution is -2.47. The van der Waals surface area contributed by atoms with Crippen molar-refractivity contribution in [3.63, 3.8) is 0 Å². The third-order valence-electron chi connectivity index (χ3n) is 6.68. The van der Waals surface area contributed by atoms with Crippen molar-refractivity contribution in [3.8, 4) is 5.75 Å². The van der Waals surface area contributed by atoms with Crippen molar-refractivity contribution in [1.82, 2.24) is 9.80 Å². The molecular formula is C24H32N4O5. The zero-order chi connectivity index (χ0) is 23.5. The molecule has 2 amide bonds. The minimum atomic E-state index is -0.407. The quantitative estimate of drug-likeness (QED) is 0.257. The van der Waals surface area contributed by atoms with E-state index >= 15 is 0 Å². The summed E-state index contributed by atoms with van der Waals surface area (Å²) in [6.07, 6.45) is 6.07. The minimum Gasteiger partial charge on any atom is -0.489 e. The fourth-order valence-corrected chi connectivity index (χ4v) is 4.98. The predicted molar refractivity (Wildman–Crippen MR) is 124 cm³/mol. The molecule has 2 fully saturated rings. The molecule has 0 saturated carbocycles. The number of nitro benzene ring substituents is 1. The molecule has 4 rings (SSSR count). The van der Waals surface area contributed by atoms with Gasteiger partial charge in [0.15, 0.2) is 0 Å². The van der Waals surface area contributed by atoms with Crippen LogP contribution in [0.5, 0.6) is 5.75 Å². The zero-order valence-electron chi connectivity index (χ0n) is 19.3. The number of allylic oxidation sites excluding steroid dienone is 2. The van der Waals surface area contributed by atoms with E-state index in [4.69, 9.17) is 4.74 Å². The summed E-state index contributed by atoms with van der Waals surface area (Å²) in [4.78, 5) is 42.0. The predicted octanol–water partition coefficient (Wildman–Crippen LogP) is 2.85. The lowest BCUT2D eigenvalue weighted by atomic mass is 9.85. The van der Waals surface area contributed by atoms with Crippen LogP contribution in [0.1, 0.15) is 33.1 Å². The monoisotopic (exact) mass is 456 g/mol. The van der Waals surface area contributed by atoms with Crippen molar-refractivity contribution in [3.05, 3.63) is 40.5 Å². The van der Waals surface area contributed by atoms with Gasteiger partial charge in [-0.15, -0.1) is 0 Å². The normalized spacial score (nSPS) is 23.4. The molecule has 2 unspecified atom stereocenters. The minimum absolute atomic E-state index is 0.00461. The Hall–Kier alpha value is -2.94. The Morgan fingerprint density at radius 1 is 1.03 bits per heavy atom. The summed E-state index contributed by atoms with van der Waals surface area (Å²) in [6, 6.07) is 4.79. The number of nitro groups is 1. The number of rotatable bonds is 8. The van der Waals surface area contributed by atoms with Crippen LogP contribution in [-0.2, 0) is 9.59 Å². The van der Waals surface area contributed by atoms with Gasteiger partial charge in [0.2, 0.25) is 11.8 Å². The van der Waals surface area contributed by atoms with Crippen LogP contribution in [0.3, 0.4) is 0 Å².